The molecular formula is C14H13N5S. The third-order valence-corrected chi connectivity index (χ3v) is 3.77. The maximum atomic E-state index is 8.64. The number of thioether (sulfide) groups is 1. The summed E-state index contributed by atoms with van der Waals surface area (Å²) in [5, 5.41) is 18.7. The lowest BCUT2D eigenvalue weighted by atomic mass is 10.2. The zero-order valence-electron chi connectivity index (χ0n) is 11.1. The van der Waals surface area contributed by atoms with Crippen molar-refractivity contribution in [1.29, 1.82) is 5.26 Å². The molecule has 5 nitrogen and oxygen atoms in total. The van der Waals surface area contributed by atoms with Crippen LogP contribution in [0.5, 0.6) is 0 Å². The largest absolute Gasteiger partial charge is 0.324 e. The van der Waals surface area contributed by atoms with Crippen molar-refractivity contribution in [3.05, 3.63) is 24.3 Å². The summed E-state index contributed by atoms with van der Waals surface area (Å²) >= 11 is 1.31. The molecule has 6 heteroatoms. The molecule has 0 aliphatic rings. The monoisotopic (exact) mass is 283 g/mol. The number of benzene rings is 1. The predicted molar refractivity (Wildman–Crippen MR) is 79.5 cm³/mol. The third-order valence-electron chi connectivity index (χ3n) is 3.07. The number of nitriles is 1. The predicted octanol–water partition coefficient (Wildman–Crippen LogP) is 3.01. The molecule has 100 valence electrons. The number of fused-ring (bicyclic) bond motifs is 3. The second-order valence-corrected chi connectivity index (χ2v) is 5.32. The molecule has 0 N–H and O–H groups in total. The van der Waals surface area contributed by atoms with Crippen LogP contribution in [0.3, 0.4) is 0 Å². The molecule has 1 aromatic carbocycles. The smallest absolute Gasteiger partial charge is 0.212 e. The Balaban J connectivity index is 2.24. The number of para-hydroxylation sites is 1. The van der Waals surface area contributed by atoms with Gasteiger partial charge in [0.1, 0.15) is 5.52 Å². The lowest BCUT2D eigenvalue weighted by molar-refractivity contribution is 0.709. The Morgan fingerprint density at radius 1 is 1.30 bits per heavy atom. The van der Waals surface area contributed by atoms with Gasteiger partial charge in [0.15, 0.2) is 5.65 Å². The molecule has 2 heterocycles. The van der Waals surface area contributed by atoms with Crippen LogP contribution in [-0.2, 0) is 6.54 Å². The molecule has 0 fully saturated rings. The fourth-order valence-corrected chi connectivity index (χ4v) is 2.74. The fourth-order valence-electron chi connectivity index (χ4n) is 2.30. The molecule has 3 rings (SSSR count). The van der Waals surface area contributed by atoms with Crippen molar-refractivity contribution in [2.75, 3.05) is 5.75 Å². The first-order valence-electron chi connectivity index (χ1n) is 6.46. The highest BCUT2D eigenvalue weighted by Gasteiger charge is 2.13. The van der Waals surface area contributed by atoms with Crippen LogP contribution in [0, 0.1) is 11.3 Å². The first kappa shape index (κ1) is 12.9. The molecular weight excluding hydrogens is 270 g/mol. The molecule has 2 aromatic heterocycles. The summed E-state index contributed by atoms with van der Waals surface area (Å²) < 4.78 is 2.18. The van der Waals surface area contributed by atoms with Crippen molar-refractivity contribution in [2.45, 2.75) is 25.0 Å². The summed E-state index contributed by atoms with van der Waals surface area (Å²) in [7, 11) is 0. The van der Waals surface area contributed by atoms with E-state index in [0.717, 1.165) is 35.0 Å². The molecule has 0 aliphatic heterocycles. The SMILES string of the molecule is CCCn1c2ccccc2c2nnc(SCC#N)nc21. The van der Waals surface area contributed by atoms with Crippen LogP contribution >= 0.6 is 11.8 Å². The lowest BCUT2D eigenvalue weighted by Crippen LogP contribution is -2.00. The number of hydrogen-bond donors (Lipinski definition) is 0. The Hall–Kier alpha value is -2.13. The molecule has 0 spiro atoms. The van der Waals surface area contributed by atoms with Crippen LogP contribution in [0.25, 0.3) is 22.1 Å². The Kier molecular flexibility index (Phi) is 3.52. The Morgan fingerprint density at radius 3 is 2.95 bits per heavy atom. The minimum Gasteiger partial charge on any atom is -0.324 e. The van der Waals surface area contributed by atoms with Gasteiger partial charge < -0.3 is 4.57 Å². The molecule has 0 bridgehead atoms. The van der Waals surface area contributed by atoms with E-state index in [0.29, 0.717) is 10.9 Å². The van der Waals surface area contributed by atoms with E-state index in [4.69, 9.17) is 5.26 Å². The minimum atomic E-state index is 0.335. The van der Waals surface area contributed by atoms with Gasteiger partial charge in [-0.3, -0.25) is 0 Å². The maximum absolute atomic E-state index is 8.64. The van der Waals surface area contributed by atoms with E-state index >= 15 is 0 Å². The van der Waals surface area contributed by atoms with Crippen molar-refractivity contribution in [3.63, 3.8) is 0 Å². The van der Waals surface area contributed by atoms with Gasteiger partial charge in [-0.05, 0) is 12.5 Å². The van der Waals surface area contributed by atoms with E-state index in [1.165, 1.54) is 11.8 Å². The summed E-state index contributed by atoms with van der Waals surface area (Å²) in [4.78, 5) is 4.57. The highest BCUT2D eigenvalue weighted by atomic mass is 32.2. The molecule has 0 radical (unpaired) electrons. The van der Waals surface area contributed by atoms with Crippen molar-refractivity contribution < 1.29 is 0 Å². The number of nitrogens with zero attached hydrogens (tertiary/aromatic N) is 5. The number of aryl methyl sites for hydroxylation is 1. The van der Waals surface area contributed by atoms with Crippen molar-refractivity contribution in [3.8, 4) is 6.07 Å². The number of hydrogen-bond acceptors (Lipinski definition) is 5. The van der Waals surface area contributed by atoms with E-state index in [2.05, 4.69) is 38.8 Å². The van der Waals surface area contributed by atoms with Crippen LogP contribution in [0.1, 0.15) is 13.3 Å². The maximum Gasteiger partial charge on any atom is 0.212 e. The lowest BCUT2D eigenvalue weighted by Gasteiger charge is -2.04. The molecule has 0 aliphatic carbocycles. The molecule has 0 amide bonds. The zero-order valence-corrected chi connectivity index (χ0v) is 11.9. The number of rotatable bonds is 4. The second-order valence-electron chi connectivity index (χ2n) is 4.38. The molecule has 3 aromatic rings. The molecule has 0 atom stereocenters. The summed E-state index contributed by atoms with van der Waals surface area (Å²) in [6.07, 6.45) is 1.03. The first-order chi connectivity index (χ1) is 9.85. The Labute approximate surface area is 120 Å². The minimum absolute atomic E-state index is 0.335. The van der Waals surface area contributed by atoms with Gasteiger partial charge in [0.25, 0.3) is 0 Å². The van der Waals surface area contributed by atoms with Gasteiger partial charge in [-0.25, -0.2) is 4.98 Å². The summed E-state index contributed by atoms with van der Waals surface area (Å²) in [5.74, 6) is 0.335. The average Bonchev–Trinajstić information content (AvgIpc) is 2.80. The van der Waals surface area contributed by atoms with Gasteiger partial charge in [-0.1, -0.05) is 36.9 Å². The Bertz CT molecular complexity index is 802. The van der Waals surface area contributed by atoms with E-state index in [1.54, 1.807) is 0 Å². The van der Waals surface area contributed by atoms with Crippen LogP contribution in [0.2, 0.25) is 0 Å². The third kappa shape index (κ3) is 2.10. The van der Waals surface area contributed by atoms with Crippen molar-refractivity contribution >= 4 is 33.8 Å². The van der Waals surface area contributed by atoms with Gasteiger partial charge in [0.2, 0.25) is 5.16 Å². The Morgan fingerprint density at radius 2 is 2.15 bits per heavy atom. The number of aromatic nitrogens is 4. The topological polar surface area (TPSA) is 67.4 Å². The highest BCUT2D eigenvalue weighted by Crippen LogP contribution is 2.27. The fraction of sp³-hybridized carbons (Fsp3) is 0.286. The quantitative estimate of drug-likeness (QED) is 0.688. The van der Waals surface area contributed by atoms with Crippen LogP contribution in [0.15, 0.2) is 29.4 Å². The second kappa shape index (κ2) is 5.47. The summed E-state index contributed by atoms with van der Waals surface area (Å²) in [5.41, 5.74) is 2.81. The normalized spacial score (nSPS) is 11.0. The van der Waals surface area contributed by atoms with Gasteiger partial charge in [-0.2, -0.15) is 5.26 Å². The van der Waals surface area contributed by atoms with Gasteiger partial charge in [0, 0.05) is 11.9 Å². The molecule has 0 unspecified atom stereocenters. The van der Waals surface area contributed by atoms with E-state index < -0.39 is 0 Å². The van der Waals surface area contributed by atoms with Gasteiger partial charge >= 0.3 is 0 Å². The van der Waals surface area contributed by atoms with Gasteiger partial charge in [-0.15, -0.1) is 10.2 Å². The molecule has 20 heavy (non-hydrogen) atoms. The van der Waals surface area contributed by atoms with E-state index in [9.17, 15) is 0 Å². The van der Waals surface area contributed by atoms with Crippen LogP contribution in [-0.4, -0.2) is 25.5 Å². The van der Waals surface area contributed by atoms with Gasteiger partial charge in [0.05, 0.1) is 17.3 Å². The van der Waals surface area contributed by atoms with E-state index in [-0.39, 0.29) is 0 Å². The summed E-state index contributed by atoms with van der Waals surface area (Å²) in [6.45, 7) is 3.03. The standard InChI is InChI=1S/C14H13N5S/c1-2-8-19-11-6-4-3-5-10(11)12-13(19)16-14(18-17-12)20-9-7-15/h3-6H,2,8-9H2,1H3. The first-order valence-corrected chi connectivity index (χ1v) is 7.45. The molecule has 0 saturated heterocycles. The van der Waals surface area contributed by atoms with Crippen molar-refractivity contribution in [2.24, 2.45) is 0 Å². The molecule has 0 saturated carbocycles. The zero-order chi connectivity index (χ0) is 13.9. The van der Waals surface area contributed by atoms with Crippen molar-refractivity contribution in [1.82, 2.24) is 19.7 Å². The average molecular weight is 283 g/mol. The summed E-state index contributed by atoms with van der Waals surface area (Å²) in [6, 6.07) is 10.2. The van der Waals surface area contributed by atoms with Crippen LogP contribution in [0.4, 0.5) is 0 Å². The van der Waals surface area contributed by atoms with Crippen LogP contribution < -0.4 is 0 Å². The van der Waals surface area contributed by atoms with E-state index in [1.807, 2.05) is 18.2 Å². The highest BCUT2D eigenvalue weighted by molar-refractivity contribution is 7.99.